The summed E-state index contributed by atoms with van der Waals surface area (Å²) in [6.45, 7) is 5.68. The van der Waals surface area contributed by atoms with Gasteiger partial charge in [0, 0.05) is 7.11 Å². The molecule has 1 N–H and O–H groups in total. The SMILES string of the molecule is CCN(C)Cc1nc2sc(C(=O)OCCOC)c(C)c2c(=O)[nH]1. The Hall–Kier alpha value is -1.77. The molecule has 0 aliphatic rings. The summed E-state index contributed by atoms with van der Waals surface area (Å²) >= 11 is 1.19. The molecule has 0 bridgehead atoms. The number of aromatic nitrogens is 2. The molecular formula is C15H21N3O4S. The summed E-state index contributed by atoms with van der Waals surface area (Å²) in [6, 6.07) is 0. The average Bonchev–Trinajstić information content (AvgIpc) is 2.84. The van der Waals surface area contributed by atoms with E-state index < -0.39 is 5.97 Å². The number of hydrogen-bond donors (Lipinski definition) is 1. The monoisotopic (exact) mass is 339 g/mol. The molecule has 23 heavy (non-hydrogen) atoms. The third-order valence-corrected chi connectivity index (χ3v) is 4.68. The average molecular weight is 339 g/mol. The fraction of sp³-hybridized carbons (Fsp3) is 0.533. The van der Waals surface area contributed by atoms with Crippen LogP contribution in [0.25, 0.3) is 10.2 Å². The van der Waals surface area contributed by atoms with Crippen LogP contribution in [0.3, 0.4) is 0 Å². The molecule has 0 aromatic carbocycles. The van der Waals surface area contributed by atoms with Crippen molar-refractivity contribution in [2.24, 2.45) is 0 Å². The fourth-order valence-electron chi connectivity index (χ4n) is 2.11. The minimum atomic E-state index is -0.450. The van der Waals surface area contributed by atoms with Crippen LogP contribution in [0.2, 0.25) is 0 Å². The molecule has 0 radical (unpaired) electrons. The van der Waals surface area contributed by atoms with E-state index in [0.717, 1.165) is 6.54 Å². The quantitative estimate of drug-likeness (QED) is 0.608. The van der Waals surface area contributed by atoms with Crippen molar-refractivity contribution in [3.05, 3.63) is 26.6 Å². The fourth-order valence-corrected chi connectivity index (χ4v) is 3.20. The molecule has 0 aliphatic carbocycles. The second kappa shape index (κ2) is 7.67. The molecule has 8 heteroatoms. The van der Waals surface area contributed by atoms with Gasteiger partial charge in [0.1, 0.15) is 22.1 Å². The highest BCUT2D eigenvalue weighted by Gasteiger charge is 2.20. The van der Waals surface area contributed by atoms with E-state index in [1.54, 1.807) is 6.92 Å². The number of esters is 1. The number of carbonyl (C=O) groups is 1. The van der Waals surface area contributed by atoms with Gasteiger partial charge in [0.2, 0.25) is 0 Å². The van der Waals surface area contributed by atoms with Crippen LogP contribution in [0.1, 0.15) is 28.0 Å². The van der Waals surface area contributed by atoms with Crippen LogP contribution < -0.4 is 5.56 Å². The highest BCUT2D eigenvalue weighted by Crippen LogP contribution is 2.27. The van der Waals surface area contributed by atoms with Gasteiger partial charge in [-0.15, -0.1) is 11.3 Å². The van der Waals surface area contributed by atoms with E-state index in [0.29, 0.717) is 39.6 Å². The molecule has 2 aromatic heterocycles. The number of rotatable bonds is 7. The highest BCUT2D eigenvalue weighted by atomic mass is 32.1. The second-order valence-corrected chi connectivity index (χ2v) is 6.21. The number of fused-ring (bicyclic) bond motifs is 1. The first-order chi connectivity index (χ1) is 11.0. The molecule has 126 valence electrons. The number of aromatic amines is 1. The Morgan fingerprint density at radius 2 is 2.13 bits per heavy atom. The standard InChI is InChI=1S/C15H21N3O4S/c1-5-18(3)8-10-16-13(19)11-9(2)12(23-14(11)17-10)15(20)22-7-6-21-4/h5-8H2,1-4H3,(H,16,17,19). The molecule has 0 spiro atoms. The molecule has 7 nitrogen and oxygen atoms in total. The molecule has 0 amide bonds. The van der Waals surface area contributed by atoms with Gasteiger partial charge in [-0.3, -0.25) is 9.69 Å². The Kier molecular flexibility index (Phi) is 5.86. The Morgan fingerprint density at radius 1 is 1.39 bits per heavy atom. The Morgan fingerprint density at radius 3 is 2.78 bits per heavy atom. The Labute approximate surface area is 138 Å². The summed E-state index contributed by atoms with van der Waals surface area (Å²) in [5.41, 5.74) is 0.385. The molecule has 2 rings (SSSR count). The number of ether oxygens (including phenoxy) is 2. The van der Waals surface area contributed by atoms with E-state index in [1.807, 2.05) is 18.9 Å². The maximum Gasteiger partial charge on any atom is 0.348 e. The van der Waals surface area contributed by atoms with Gasteiger partial charge >= 0.3 is 5.97 Å². The van der Waals surface area contributed by atoms with E-state index in [2.05, 4.69) is 9.97 Å². The number of nitrogens with zero attached hydrogens (tertiary/aromatic N) is 2. The van der Waals surface area contributed by atoms with E-state index in [4.69, 9.17) is 9.47 Å². The molecule has 0 fully saturated rings. The molecule has 0 saturated heterocycles. The van der Waals surface area contributed by atoms with Gasteiger partial charge in [-0.1, -0.05) is 6.92 Å². The topological polar surface area (TPSA) is 84.5 Å². The van der Waals surface area contributed by atoms with Crippen LogP contribution in [0.5, 0.6) is 0 Å². The highest BCUT2D eigenvalue weighted by molar-refractivity contribution is 7.20. The van der Waals surface area contributed by atoms with Crippen molar-refractivity contribution >= 4 is 27.5 Å². The third-order valence-electron chi connectivity index (χ3n) is 3.52. The van der Waals surface area contributed by atoms with Gasteiger partial charge in [0.05, 0.1) is 18.5 Å². The van der Waals surface area contributed by atoms with Crippen molar-refractivity contribution in [3.63, 3.8) is 0 Å². The van der Waals surface area contributed by atoms with Gasteiger partial charge in [0.15, 0.2) is 0 Å². The molecule has 0 atom stereocenters. The zero-order chi connectivity index (χ0) is 17.0. The van der Waals surface area contributed by atoms with Gasteiger partial charge in [-0.25, -0.2) is 9.78 Å². The first-order valence-electron chi connectivity index (χ1n) is 7.34. The zero-order valence-corrected chi connectivity index (χ0v) is 14.6. The van der Waals surface area contributed by atoms with Crippen molar-refractivity contribution in [1.29, 1.82) is 0 Å². The van der Waals surface area contributed by atoms with Crippen molar-refractivity contribution in [2.75, 3.05) is 33.9 Å². The lowest BCUT2D eigenvalue weighted by molar-refractivity contribution is 0.0393. The van der Waals surface area contributed by atoms with Gasteiger partial charge < -0.3 is 14.5 Å². The second-order valence-electron chi connectivity index (χ2n) is 5.21. The normalized spacial score (nSPS) is 11.3. The van der Waals surface area contributed by atoms with Crippen LogP contribution in [0.4, 0.5) is 0 Å². The van der Waals surface area contributed by atoms with Crippen LogP contribution in [0.15, 0.2) is 4.79 Å². The van der Waals surface area contributed by atoms with E-state index in [1.165, 1.54) is 18.4 Å². The van der Waals surface area contributed by atoms with Gasteiger partial charge in [-0.05, 0) is 26.1 Å². The maximum absolute atomic E-state index is 12.3. The number of hydrogen-bond acceptors (Lipinski definition) is 7. The summed E-state index contributed by atoms with van der Waals surface area (Å²) in [6.07, 6.45) is 0. The van der Waals surface area contributed by atoms with Gasteiger partial charge in [0.25, 0.3) is 5.56 Å². The minimum absolute atomic E-state index is 0.180. The Balaban J connectivity index is 2.35. The van der Waals surface area contributed by atoms with Gasteiger partial charge in [-0.2, -0.15) is 0 Å². The summed E-state index contributed by atoms with van der Waals surface area (Å²) in [7, 11) is 3.49. The van der Waals surface area contributed by atoms with Crippen LogP contribution in [-0.2, 0) is 16.0 Å². The maximum atomic E-state index is 12.3. The molecule has 0 aliphatic heterocycles. The zero-order valence-electron chi connectivity index (χ0n) is 13.8. The van der Waals surface area contributed by atoms with Crippen LogP contribution in [-0.4, -0.2) is 54.8 Å². The smallest absolute Gasteiger partial charge is 0.348 e. The minimum Gasteiger partial charge on any atom is -0.459 e. The lowest BCUT2D eigenvalue weighted by Crippen LogP contribution is -2.21. The number of carbonyl (C=O) groups excluding carboxylic acids is 1. The van der Waals surface area contributed by atoms with E-state index in [9.17, 15) is 9.59 Å². The lowest BCUT2D eigenvalue weighted by Gasteiger charge is -2.12. The lowest BCUT2D eigenvalue weighted by atomic mass is 10.2. The van der Waals surface area contributed by atoms with Crippen LogP contribution >= 0.6 is 11.3 Å². The number of H-pyrrole nitrogens is 1. The molecule has 2 heterocycles. The van der Waals surface area contributed by atoms with Crippen LogP contribution in [0, 0.1) is 6.92 Å². The number of nitrogens with one attached hydrogen (secondary N) is 1. The predicted molar refractivity (Wildman–Crippen MR) is 89.1 cm³/mol. The number of thiophene rings is 1. The number of methoxy groups -OCH3 is 1. The summed E-state index contributed by atoms with van der Waals surface area (Å²) in [5.74, 6) is 0.140. The van der Waals surface area contributed by atoms with E-state index in [-0.39, 0.29) is 12.2 Å². The number of aryl methyl sites for hydroxylation is 1. The summed E-state index contributed by atoms with van der Waals surface area (Å²) in [4.78, 5) is 34.7. The Bertz CT molecular complexity index is 753. The summed E-state index contributed by atoms with van der Waals surface area (Å²) < 4.78 is 9.98. The first-order valence-corrected chi connectivity index (χ1v) is 8.16. The molecular weight excluding hydrogens is 318 g/mol. The van der Waals surface area contributed by atoms with Crippen molar-refractivity contribution in [2.45, 2.75) is 20.4 Å². The van der Waals surface area contributed by atoms with E-state index >= 15 is 0 Å². The molecule has 0 unspecified atom stereocenters. The van der Waals surface area contributed by atoms with Crippen molar-refractivity contribution in [3.8, 4) is 0 Å². The molecule has 0 saturated carbocycles. The first kappa shape index (κ1) is 17.6. The predicted octanol–water partition coefficient (Wildman–Crippen LogP) is 1.55. The molecule has 2 aromatic rings. The summed E-state index contributed by atoms with van der Waals surface area (Å²) in [5, 5.41) is 0.455. The third kappa shape index (κ3) is 3.95. The van der Waals surface area contributed by atoms with Crippen molar-refractivity contribution < 1.29 is 14.3 Å². The largest absolute Gasteiger partial charge is 0.459 e. The van der Waals surface area contributed by atoms with Crippen molar-refractivity contribution in [1.82, 2.24) is 14.9 Å².